The number of ketones is 1. The number of pyridine rings is 1. The molecule has 176 valence electrons. The third-order valence-electron chi connectivity index (χ3n) is 7.66. The van der Waals surface area contributed by atoms with Gasteiger partial charge in [-0.05, 0) is 55.3 Å². The van der Waals surface area contributed by atoms with E-state index < -0.39 is 22.3 Å². The van der Waals surface area contributed by atoms with E-state index in [0.29, 0.717) is 33.9 Å². The van der Waals surface area contributed by atoms with E-state index in [1.807, 2.05) is 6.07 Å². The molecule has 2 aromatic carbocycles. The van der Waals surface area contributed by atoms with Gasteiger partial charge in [-0.3, -0.25) is 29.6 Å². The van der Waals surface area contributed by atoms with E-state index >= 15 is 0 Å². The molecule has 3 aliphatic heterocycles. The summed E-state index contributed by atoms with van der Waals surface area (Å²) in [5.41, 5.74) is 1.07. The van der Waals surface area contributed by atoms with Crippen LogP contribution in [0.5, 0.6) is 0 Å². The summed E-state index contributed by atoms with van der Waals surface area (Å²) >= 11 is 6.40. The van der Waals surface area contributed by atoms with Crippen molar-refractivity contribution in [1.29, 1.82) is 0 Å². The second-order valence-corrected chi connectivity index (χ2v) is 9.71. The molecule has 1 spiro atoms. The summed E-state index contributed by atoms with van der Waals surface area (Å²) in [5, 5.41) is 15.0. The lowest BCUT2D eigenvalue weighted by atomic mass is 9.69. The average Bonchev–Trinajstić information content (AvgIpc) is 3.52. The summed E-state index contributed by atoms with van der Waals surface area (Å²) in [6.45, 7) is 0.631. The number of non-ortho nitro benzene ring substituents is 1. The molecule has 6 rings (SSSR count). The SMILES string of the molecule is O=C(c1cccnc1)[C@@H]1[C@@H](c2cccc([N+](=O)[O-])c2)[C@H]2CCCN2[C@@]12C(=O)Nc1ccc(Cl)cc12. The third-order valence-corrected chi connectivity index (χ3v) is 7.89. The van der Waals surface area contributed by atoms with Gasteiger partial charge < -0.3 is 5.32 Å². The molecule has 2 fully saturated rings. The number of nitrogens with one attached hydrogen (secondary N) is 1. The summed E-state index contributed by atoms with van der Waals surface area (Å²) < 4.78 is 0. The molecule has 1 aromatic heterocycles. The molecule has 0 unspecified atom stereocenters. The zero-order valence-corrected chi connectivity index (χ0v) is 19.3. The molecule has 1 N–H and O–H groups in total. The lowest BCUT2D eigenvalue weighted by Gasteiger charge is -2.36. The first-order chi connectivity index (χ1) is 16.9. The van der Waals surface area contributed by atoms with Crippen molar-refractivity contribution >= 4 is 34.7 Å². The molecule has 0 bridgehead atoms. The molecule has 4 atom stereocenters. The average molecular weight is 489 g/mol. The van der Waals surface area contributed by atoms with Crippen LogP contribution in [-0.4, -0.2) is 39.1 Å². The molecule has 0 aliphatic carbocycles. The number of aromatic nitrogens is 1. The highest BCUT2D eigenvalue weighted by Gasteiger charge is 2.69. The summed E-state index contributed by atoms with van der Waals surface area (Å²) in [5.74, 6) is -1.73. The number of rotatable bonds is 4. The van der Waals surface area contributed by atoms with Crippen LogP contribution in [0.1, 0.15) is 40.2 Å². The maximum absolute atomic E-state index is 14.3. The summed E-state index contributed by atoms with van der Waals surface area (Å²) in [7, 11) is 0. The highest BCUT2D eigenvalue weighted by Crippen LogP contribution is 2.61. The van der Waals surface area contributed by atoms with Gasteiger partial charge in [0, 0.05) is 58.3 Å². The summed E-state index contributed by atoms with van der Waals surface area (Å²) in [4.78, 5) is 45.6. The normalized spacial score (nSPS) is 27.0. The number of amides is 1. The molecule has 3 aliphatic rings. The van der Waals surface area contributed by atoms with Gasteiger partial charge in [-0.2, -0.15) is 0 Å². The molecule has 1 amide bonds. The molecular formula is C26H21ClN4O4. The third kappa shape index (κ3) is 3.06. The molecule has 0 radical (unpaired) electrons. The molecule has 3 aromatic rings. The number of anilines is 1. The molecule has 4 heterocycles. The minimum Gasteiger partial charge on any atom is -0.324 e. The predicted molar refractivity (Wildman–Crippen MR) is 129 cm³/mol. The van der Waals surface area contributed by atoms with E-state index in [0.717, 1.165) is 12.8 Å². The number of Topliss-reactive ketones (excluding diaryl/α,β-unsaturated/α-hetero) is 1. The lowest BCUT2D eigenvalue weighted by molar-refractivity contribution is -0.384. The second kappa shape index (κ2) is 7.96. The second-order valence-electron chi connectivity index (χ2n) is 9.27. The van der Waals surface area contributed by atoms with Crippen LogP contribution < -0.4 is 5.32 Å². The molecular weight excluding hydrogens is 468 g/mol. The monoisotopic (exact) mass is 488 g/mol. The molecule has 2 saturated heterocycles. The van der Waals surface area contributed by atoms with Gasteiger partial charge in [0.15, 0.2) is 5.78 Å². The van der Waals surface area contributed by atoms with Gasteiger partial charge in [-0.1, -0.05) is 23.7 Å². The number of hydrogen-bond acceptors (Lipinski definition) is 6. The van der Waals surface area contributed by atoms with Crippen LogP contribution in [0.2, 0.25) is 5.02 Å². The van der Waals surface area contributed by atoms with E-state index in [1.165, 1.54) is 18.3 Å². The molecule has 8 nitrogen and oxygen atoms in total. The van der Waals surface area contributed by atoms with Crippen molar-refractivity contribution in [3.63, 3.8) is 0 Å². The quantitative estimate of drug-likeness (QED) is 0.328. The largest absolute Gasteiger partial charge is 0.324 e. The van der Waals surface area contributed by atoms with Crippen molar-refractivity contribution in [2.75, 3.05) is 11.9 Å². The number of carbonyl (C=O) groups excluding carboxylic acids is 2. The predicted octanol–water partition coefficient (Wildman–Crippen LogP) is 4.55. The fourth-order valence-corrected chi connectivity index (χ4v) is 6.61. The number of nitro benzene ring substituents is 1. The van der Waals surface area contributed by atoms with E-state index in [4.69, 9.17) is 11.6 Å². The zero-order valence-electron chi connectivity index (χ0n) is 18.6. The van der Waals surface area contributed by atoms with E-state index in [9.17, 15) is 19.7 Å². The smallest absolute Gasteiger partial charge is 0.269 e. The van der Waals surface area contributed by atoms with Gasteiger partial charge in [0.2, 0.25) is 5.91 Å². The van der Waals surface area contributed by atoms with Crippen molar-refractivity contribution in [2.45, 2.75) is 30.3 Å². The number of carbonyl (C=O) groups is 2. The number of nitrogens with zero attached hydrogens (tertiary/aromatic N) is 3. The Hall–Kier alpha value is -3.62. The van der Waals surface area contributed by atoms with Gasteiger partial charge in [-0.25, -0.2) is 0 Å². The van der Waals surface area contributed by atoms with Crippen LogP contribution in [0.4, 0.5) is 11.4 Å². The number of halogens is 1. The molecule has 0 saturated carbocycles. The Morgan fingerprint density at radius 2 is 2.06 bits per heavy atom. The van der Waals surface area contributed by atoms with E-state index in [1.54, 1.807) is 42.6 Å². The zero-order chi connectivity index (χ0) is 24.3. The van der Waals surface area contributed by atoms with Crippen LogP contribution in [0.15, 0.2) is 67.0 Å². The minimum absolute atomic E-state index is 0.0418. The van der Waals surface area contributed by atoms with Gasteiger partial charge >= 0.3 is 0 Å². The lowest BCUT2D eigenvalue weighted by Crippen LogP contribution is -2.52. The van der Waals surface area contributed by atoms with Crippen LogP contribution in [-0.2, 0) is 10.3 Å². The van der Waals surface area contributed by atoms with Crippen molar-refractivity contribution in [3.05, 3.63) is 98.8 Å². The topological polar surface area (TPSA) is 105 Å². The summed E-state index contributed by atoms with van der Waals surface area (Å²) in [6.07, 6.45) is 4.73. The molecule has 35 heavy (non-hydrogen) atoms. The number of fused-ring (bicyclic) bond motifs is 4. The van der Waals surface area contributed by atoms with Gasteiger partial charge in [-0.15, -0.1) is 0 Å². The van der Waals surface area contributed by atoms with E-state index in [-0.39, 0.29) is 23.4 Å². The maximum Gasteiger partial charge on any atom is 0.269 e. The van der Waals surface area contributed by atoms with E-state index in [2.05, 4.69) is 15.2 Å². The van der Waals surface area contributed by atoms with Crippen LogP contribution in [0, 0.1) is 16.0 Å². The Balaban J connectivity index is 1.63. The fraction of sp³-hybridized carbons (Fsp3) is 0.269. The fourth-order valence-electron chi connectivity index (χ4n) is 6.44. The van der Waals surface area contributed by atoms with Crippen LogP contribution >= 0.6 is 11.6 Å². The van der Waals surface area contributed by atoms with Crippen molar-refractivity contribution in [3.8, 4) is 0 Å². The first kappa shape index (κ1) is 21.9. The van der Waals surface area contributed by atoms with Crippen LogP contribution in [0.25, 0.3) is 0 Å². The van der Waals surface area contributed by atoms with Gasteiger partial charge in [0.05, 0.1) is 10.8 Å². The number of benzene rings is 2. The first-order valence-electron chi connectivity index (χ1n) is 11.5. The Bertz CT molecular complexity index is 1380. The highest BCUT2D eigenvalue weighted by atomic mass is 35.5. The standard InChI is InChI=1S/C26H21ClN4O4/c27-17-8-9-20-19(13-17)26(25(33)29-20)23(24(32)16-5-2-10-28-14-16)22(21-7-3-11-30(21)26)15-4-1-6-18(12-15)31(34)35/h1-2,4-6,8-10,12-14,21-23H,3,7,11H2,(H,29,33)/t21-,22+,23+,26-/m1/s1. The maximum atomic E-state index is 14.3. The Morgan fingerprint density at radius 1 is 1.20 bits per heavy atom. The van der Waals surface area contributed by atoms with Crippen molar-refractivity contribution < 1.29 is 14.5 Å². The summed E-state index contributed by atoms with van der Waals surface area (Å²) in [6, 6.07) is 14.9. The highest BCUT2D eigenvalue weighted by molar-refractivity contribution is 6.31. The number of hydrogen-bond donors (Lipinski definition) is 1. The van der Waals surface area contributed by atoms with Crippen LogP contribution in [0.3, 0.4) is 0 Å². The van der Waals surface area contributed by atoms with Crippen molar-refractivity contribution in [2.24, 2.45) is 5.92 Å². The minimum atomic E-state index is -1.27. The Labute approximate surface area is 206 Å². The Kier molecular flexibility index (Phi) is 4.98. The first-order valence-corrected chi connectivity index (χ1v) is 11.9. The van der Waals surface area contributed by atoms with Crippen molar-refractivity contribution in [1.82, 2.24) is 9.88 Å². The molecule has 9 heteroatoms. The Morgan fingerprint density at radius 3 is 2.83 bits per heavy atom. The van der Waals surface area contributed by atoms with Gasteiger partial charge in [0.25, 0.3) is 5.69 Å². The van der Waals surface area contributed by atoms with Gasteiger partial charge in [0.1, 0.15) is 5.54 Å². The number of nitro groups is 1.